The van der Waals surface area contributed by atoms with E-state index in [1.165, 1.54) is 58.2 Å². The molecule has 0 aliphatic carbocycles. The first kappa shape index (κ1) is 11.0. The van der Waals surface area contributed by atoms with E-state index < -0.39 is 0 Å². The Bertz CT molecular complexity index is 116. The molecule has 0 aromatic heterocycles. The lowest BCUT2D eigenvalue weighted by Gasteiger charge is -2.39. The van der Waals surface area contributed by atoms with Crippen LogP contribution in [0.15, 0.2) is 0 Å². The van der Waals surface area contributed by atoms with Gasteiger partial charge in [-0.15, -0.1) is 0 Å². The first-order chi connectivity index (χ1) is 6.36. The maximum absolute atomic E-state index is 2.61. The summed E-state index contributed by atoms with van der Waals surface area (Å²) in [4.78, 5) is 2.61. The second kappa shape index (κ2) is 6.42. The molecule has 1 rings (SSSR count). The molecule has 0 radical (unpaired) electrons. The van der Waals surface area contributed by atoms with E-state index >= 15 is 0 Å². The zero-order chi connectivity index (χ0) is 9.52. The smallest absolute Gasteiger partial charge is 0.00220 e. The van der Waals surface area contributed by atoms with Crippen LogP contribution in [0.1, 0.15) is 52.4 Å². The highest BCUT2D eigenvalue weighted by molar-refractivity contribution is 4.79. The van der Waals surface area contributed by atoms with Gasteiger partial charge in [-0.2, -0.15) is 0 Å². The second-order valence-electron chi connectivity index (χ2n) is 4.47. The molecule has 0 aromatic carbocycles. The van der Waals surface area contributed by atoms with Gasteiger partial charge in [-0.25, -0.2) is 0 Å². The van der Waals surface area contributed by atoms with E-state index in [-0.39, 0.29) is 0 Å². The van der Waals surface area contributed by atoms with Crippen molar-refractivity contribution in [1.29, 1.82) is 0 Å². The van der Waals surface area contributed by atoms with E-state index in [0.717, 1.165) is 5.92 Å². The van der Waals surface area contributed by atoms with Crippen LogP contribution in [0, 0.1) is 5.92 Å². The molecule has 13 heavy (non-hydrogen) atoms. The molecule has 1 saturated heterocycles. The first-order valence-corrected chi connectivity index (χ1v) is 6.09. The Morgan fingerprint density at radius 2 is 1.69 bits per heavy atom. The zero-order valence-corrected chi connectivity index (χ0v) is 9.39. The summed E-state index contributed by atoms with van der Waals surface area (Å²) in [6.07, 6.45) is 8.48. The molecule has 0 saturated carbocycles. The van der Waals surface area contributed by atoms with Gasteiger partial charge < -0.3 is 4.90 Å². The molecule has 1 heterocycles. The molecule has 0 amide bonds. The lowest BCUT2D eigenvalue weighted by Crippen LogP contribution is -2.46. The fourth-order valence-corrected chi connectivity index (χ4v) is 2.11. The molecule has 0 atom stereocenters. The van der Waals surface area contributed by atoms with E-state index in [2.05, 4.69) is 18.7 Å². The van der Waals surface area contributed by atoms with E-state index in [9.17, 15) is 0 Å². The van der Waals surface area contributed by atoms with Crippen molar-refractivity contribution < 1.29 is 0 Å². The third-order valence-corrected chi connectivity index (χ3v) is 3.08. The van der Waals surface area contributed by atoms with E-state index in [1.54, 1.807) is 0 Å². The van der Waals surface area contributed by atoms with Gasteiger partial charge in [0.15, 0.2) is 0 Å². The summed E-state index contributed by atoms with van der Waals surface area (Å²) in [6.45, 7) is 8.70. The number of unbranched alkanes of at least 4 members (excludes halogenated alkanes) is 3. The molecule has 1 fully saturated rings. The zero-order valence-electron chi connectivity index (χ0n) is 9.39. The predicted octanol–water partition coefficient (Wildman–Crippen LogP) is 3.30. The van der Waals surface area contributed by atoms with Gasteiger partial charge in [-0.3, -0.25) is 0 Å². The normalized spacial score (nSPS) is 18.9. The topological polar surface area (TPSA) is 3.24 Å². The third-order valence-electron chi connectivity index (χ3n) is 3.08. The van der Waals surface area contributed by atoms with Crippen molar-refractivity contribution in [1.82, 2.24) is 4.90 Å². The van der Waals surface area contributed by atoms with Gasteiger partial charge in [0.2, 0.25) is 0 Å². The number of hydrogen-bond acceptors (Lipinski definition) is 1. The lowest BCUT2D eigenvalue weighted by atomic mass is 9.93. The van der Waals surface area contributed by atoms with Crippen LogP contribution < -0.4 is 0 Å². The summed E-state index contributed by atoms with van der Waals surface area (Å²) in [5.41, 5.74) is 0. The quantitative estimate of drug-likeness (QED) is 0.547. The average molecular weight is 183 g/mol. The predicted molar refractivity (Wildman–Crippen MR) is 59.0 cm³/mol. The standard InChI is InChI=1S/C12H25N/c1-3-5-7-8-12-10-13(11-12)9-6-4-2/h12H,3-11H2,1-2H3. The third kappa shape index (κ3) is 4.12. The van der Waals surface area contributed by atoms with Crippen molar-refractivity contribution in [3.63, 3.8) is 0 Å². The highest BCUT2D eigenvalue weighted by Gasteiger charge is 2.24. The van der Waals surface area contributed by atoms with Crippen LogP contribution >= 0.6 is 0 Å². The van der Waals surface area contributed by atoms with Gasteiger partial charge in [0, 0.05) is 13.1 Å². The number of hydrogen-bond donors (Lipinski definition) is 0. The minimum atomic E-state index is 1.04. The van der Waals surface area contributed by atoms with Gasteiger partial charge in [0.05, 0.1) is 0 Å². The Kier molecular flexibility index (Phi) is 5.45. The van der Waals surface area contributed by atoms with E-state index in [0.29, 0.717) is 0 Å². The molecule has 1 nitrogen and oxygen atoms in total. The summed E-state index contributed by atoms with van der Waals surface area (Å²) in [5.74, 6) is 1.04. The van der Waals surface area contributed by atoms with E-state index in [1.807, 2.05) is 0 Å². The minimum absolute atomic E-state index is 1.04. The lowest BCUT2D eigenvalue weighted by molar-refractivity contribution is 0.0910. The van der Waals surface area contributed by atoms with Crippen LogP contribution in [0.3, 0.4) is 0 Å². The van der Waals surface area contributed by atoms with Crippen LogP contribution in [0.5, 0.6) is 0 Å². The van der Waals surface area contributed by atoms with Crippen LogP contribution in [-0.4, -0.2) is 24.5 Å². The molecule has 1 aliphatic heterocycles. The summed E-state index contributed by atoms with van der Waals surface area (Å²) < 4.78 is 0. The summed E-state index contributed by atoms with van der Waals surface area (Å²) in [7, 11) is 0. The van der Waals surface area contributed by atoms with Crippen molar-refractivity contribution in [3.05, 3.63) is 0 Å². The van der Waals surface area contributed by atoms with Crippen molar-refractivity contribution in [2.75, 3.05) is 19.6 Å². The second-order valence-corrected chi connectivity index (χ2v) is 4.47. The largest absolute Gasteiger partial charge is 0.303 e. The highest BCUT2D eigenvalue weighted by Crippen LogP contribution is 2.21. The minimum Gasteiger partial charge on any atom is -0.303 e. The van der Waals surface area contributed by atoms with Crippen molar-refractivity contribution in [3.8, 4) is 0 Å². The van der Waals surface area contributed by atoms with Crippen molar-refractivity contribution >= 4 is 0 Å². The Morgan fingerprint density at radius 1 is 1.00 bits per heavy atom. The first-order valence-electron chi connectivity index (χ1n) is 6.09. The van der Waals surface area contributed by atoms with E-state index in [4.69, 9.17) is 0 Å². The van der Waals surface area contributed by atoms with Crippen molar-refractivity contribution in [2.24, 2.45) is 5.92 Å². The Morgan fingerprint density at radius 3 is 2.31 bits per heavy atom. The summed E-state index contributed by atoms with van der Waals surface area (Å²) in [5, 5.41) is 0. The average Bonchev–Trinajstić information content (AvgIpc) is 2.07. The molecule has 0 bridgehead atoms. The monoisotopic (exact) mass is 183 g/mol. The van der Waals surface area contributed by atoms with Crippen LogP contribution in [0.2, 0.25) is 0 Å². The maximum atomic E-state index is 2.61. The van der Waals surface area contributed by atoms with Gasteiger partial charge in [0.1, 0.15) is 0 Å². The molecule has 78 valence electrons. The molecule has 0 spiro atoms. The summed E-state index contributed by atoms with van der Waals surface area (Å²) in [6, 6.07) is 0. The van der Waals surface area contributed by atoms with Crippen molar-refractivity contribution in [2.45, 2.75) is 52.4 Å². The Labute approximate surface area is 83.5 Å². The van der Waals surface area contributed by atoms with Gasteiger partial charge in [-0.05, 0) is 25.3 Å². The number of nitrogens with zero attached hydrogens (tertiary/aromatic N) is 1. The van der Waals surface area contributed by atoms with Crippen LogP contribution in [0.25, 0.3) is 0 Å². The Balaban J connectivity index is 1.87. The van der Waals surface area contributed by atoms with Gasteiger partial charge in [0.25, 0.3) is 0 Å². The SMILES string of the molecule is CCCCCC1CN(CCCC)C1. The number of likely N-dealkylation sites (tertiary alicyclic amines) is 1. The molecular formula is C12H25N. The molecule has 0 N–H and O–H groups in total. The highest BCUT2D eigenvalue weighted by atomic mass is 15.2. The number of rotatable bonds is 7. The fraction of sp³-hybridized carbons (Fsp3) is 1.00. The summed E-state index contributed by atoms with van der Waals surface area (Å²) >= 11 is 0. The fourth-order valence-electron chi connectivity index (χ4n) is 2.11. The maximum Gasteiger partial charge on any atom is 0.00220 e. The molecule has 1 aliphatic rings. The Hall–Kier alpha value is -0.0400. The molecular weight excluding hydrogens is 158 g/mol. The molecule has 1 heteroatoms. The van der Waals surface area contributed by atoms with Gasteiger partial charge >= 0.3 is 0 Å². The van der Waals surface area contributed by atoms with Gasteiger partial charge in [-0.1, -0.05) is 39.5 Å². The van der Waals surface area contributed by atoms with Crippen LogP contribution in [0.4, 0.5) is 0 Å². The van der Waals surface area contributed by atoms with Crippen LogP contribution in [-0.2, 0) is 0 Å². The molecule has 0 aromatic rings. The molecule has 0 unspecified atom stereocenters.